The molecule has 0 bridgehead atoms. The van der Waals surface area contributed by atoms with Crippen molar-refractivity contribution in [1.29, 1.82) is 0 Å². The van der Waals surface area contributed by atoms with Crippen LogP contribution in [0.4, 0.5) is 11.4 Å². The van der Waals surface area contributed by atoms with Crippen LogP contribution in [0.2, 0.25) is 5.15 Å². The molecule has 2 rings (SSSR count). The van der Waals surface area contributed by atoms with Gasteiger partial charge in [0.05, 0.1) is 15.5 Å². The molecular weight excluding hydrogens is 424 g/mol. The van der Waals surface area contributed by atoms with E-state index in [0.717, 1.165) is 12.1 Å². The van der Waals surface area contributed by atoms with E-state index in [1.54, 1.807) is 19.9 Å². The van der Waals surface area contributed by atoms with Crippen LogP contribution >= 0.6 is 11.6 Å². The molecule has 1 aromatic carbocycles. The number of nitrogens with one attached hydrogen (secondary N) is 1. The lowest BCUT2D eigenvalue weighted by molar-refractivity contribution is -0.386. The Morgan fingerprint density at radius 3 is 2.59 bits per heavy atom. The Balaban J connectivity index is 2.20. The number of ether oxygens (including phenoxy) is 1. The van der Waals surface area contributed by atoms with Gasteiger partial charge >= 0.3 is 5.69 Å². The molecule has 29 heavy (non-hydrogen) atoms. The predicted molar refractivity (Wildman–Crippen MR) is 107 cm³/mol. The zero-order valence-corrected chi connectivity index (χ0v) is 17.2. The number of amides is 1. The quantitative estimate of drug-likeness (QED) is 0.358. The van der Waals surface area contributed by atoms with Gasteiger partial charge in [0, 0.05) is 25.4 Å². The molecule has 1 N–H and O–H groups in total. The van der Waals surface area contributed by atoms with Crippen molar-refractivity contribution in [2.75, 3.05) is 25.0 Å². The minimum Gasteiger partial charge on any atom is -0.477 e. The number of carbonyl (C=O) groups excluding carboxylic acids is 1. The third-order valence-corrected chi connectivity index (χ3v) is 6.21. The molecule has 0 saturated carbocycles. The average Bonchev–Trinajstić information content (AvgIpc) is 2.68. The molecule has 0 unspecified atom stereocenters. The van der Waals surface area contributed by atoms with Gasteiger partial charge in [-0.1, -0.05) is 25.4 Å². The number of hydrogen-bond donors (Lipinski definition) is 1. The van der Waals surface area contributed by atoms with Crippen LogP contribution in [0, 0.1) is 10.1 Å². The highest BCUT2D eigenvalue weighted by molar-refractivity contribution is 7.89. The molecule has 0 aliphatic rings. The normalized spacial score (nSPS) is 11.3. The molecule has 10 nitrogen and oxygen atoms in total. The van der Waals surface area contributed by atoms with E-state index in [9.17, 15) is 23.3 Å². The van der Waals surface area contributed by atoms with Crippen LogP contribution in [0.5, 0.6) is 5.75 Å². The number of carbonyl (C=O) groups is 1. The smallest absolute Gasteiger partial charge is 0.312 e. The Labute approximate surface area is 172 Å². The summed E-state index contributed by atoms with van der Waals surface area (Å²) in [6, 6.07) is 6.37. The second-order valence-corrected chi connectivity index (χ2v) is 7.95. The van der Waals surface area contributed by atoms with Gasteiger partial charge in [-0.05, 0) is 24.3 Å². The highest BCUT2D eigenvalue weighted by Crippen LogP contribution is 2.31. The summed E-state index contributed by atoms with van der Waals surface area (Å²) in [5.74, 6) is -0.852. The van der Waals surface area contributed by atoms with E-state index in [1.807, 2.05) is 0 Å². The molecule has 1 aromatic heterocycles. The van der Waals surface area contributed by atoms with Crippen molar-refractivity contribution in [3.05, 3.63) is 51.8 Å². The number of rotatable bonds is 9. The summed E-state index contributed by atoms with van der Waals surface area (Å²) in [6.45, 7) is 3.23. The fourth-order valence-electron chi connectivity index (χ4n) is 2.44. The largest absolute Gasteiger partial charge is 0.477 e. The summed E-state index contributed by atoms with van der Waals surface area (Å²) < 4.78 is 31.5. The van der Waals surface area contributed by atoms with Gasteiger partial charge in [0.1, 0.15) is 0 Å². The summed E-state index contributed by atoms with van der Waals surface area (Å²) in [4.78, 5) is 26.2. The molecule has 1 heterocycles. The van der Waals surface area contributed by atoms with E-state index in [0.29, 0.717) is 0 Å². The zero-order valence-electron chi connectivity index (χ0n) is 15.7. The molecule has 0 fully saturated rings. The monoisotopic (exact) mass is 442 g/mol. The Hall–Kier alpha value is -2.76. The molecule has 156 valence electrons. The first-order valence-electron chi connectivity index (χ1n) is 8.52. The van der Waals surface area contributed by atoms with Gasteiger partial charge in [-0.3, -0.25) is 14.9 Å². The summed E-state index contributed by atoms with van der Waals surface area (Å²) in [7, 11) is -3.88. The lowest BCUT2D eigenvalue weighted by Gasteiger charge is -2.18. The molecule has 0 atom stereocenters. The summed E-state index contributed by atoms with van der Waals surface area (Å²) in [5, 5.41) is 13.9. The van der Waals surface area contributed by atoms with Crippen molar-refractivity contribution >= 4 is 38.9 Å². The number of nitro groups is 1. The first kappa shape index (κ1) is 22.5. The lowest BCUT2D eigenvalue weighted by Crippen LogP contribution is -2.30. The lowest BCUT2D eigenvalue weighted by atomic mass is 10.3. The van der Waals surface area contributed by atoms with Crippen LogP contribution in [0.15, 0.2) is 41.4 Å². The van der Waals surface area contributed by atoms with E-state index >= 15 is 0 Å². The van der Waals surface area contributed by atoms with Gasteiger partial charge < -0.3 is 10.1 Å². The SMILES string of the molecule is CCN(CC)S(=O)(=O)c1ccc(OCC(=O)Nc2cccnc2Cl)c([N+](=O)[O-])c1. The number of nitro benzene ring substituents is 1. The van der Waals surface area contributed by atoms with Crippen LogP contribution in [0.25, 0.3) is 0 Å². The topological polar surface area (TPSA) is 132 Å². The van der Waals surface area contributed by atoms with Crippen LogP contribution < -0.4 is 10.1 Å². The molecule has 0 aliphatic heterocycles. The number of hydrogen-bond acceptors (Lipinski definition) is 7. The van der Waals surface area contributed by atoms with Gasteiger partial charge in [-0.15, -0.1) is 0 Å². The highest BCUT2D eigenvalue weighted by atomic mass is 35.5. The van der Waals surface area contributed by atoms with Gasteiger partial charge in [-0.25, -0.2) is 13.4 Å². The van der Waals surface area contributed by atoms with Gasteiger partial charge in [0.15, 0.2) is 17.5 Å². The Bertz CT molecular complexity index is 1010. The average molecular weight is 443 g/mol. The van der Waals surface area contributed by atoms with E-state index in [2.05, 4.69) is 10.3 Å². The van der Waals surface area contributed by atoms with Crippen molar-refractivity contribution in [2.45, 2.75) is 18.7 Å². The molecule has 0 radical (unpaired) electrons. The van der Waals surface area contributed by atoms with E-state index in [4.69, 9.17) is 16.3 Å². The minimum absolute atomic E-state index is 0.0813. The van der Waals surface area contributed by atoms with Crippen LogP contribution in [-0.4, -0.2) is 48.2 Å². The molecule has 12 heteroatoms. The Morgan fingerprint density at radius 2 is 2.00 bits per heavy atom. The number of aromatic nitrogens is 1. The maximum atomic E-state index is 12.6. The van der Waals surface area contributed by atoms with Gasteiger partial charge in [0.2, 0.25) is 10.0 Å². The number of pyridine rings is 1. The van der Waals surface area contributed by atoms with Gasteiger partial charge in [0.25, 0.3) is 5.91 Å². The molecule has 2 aromatic rings. The number of benzene rings is 1. The molecule has 0 saturated heterocycles. The third kappa shape index (κ3) is 5.40. The van der Waals surface area contributed by atoms with Crippen molar-refractivity contribution in [2.24, 2.45) is 0 Å². The second-order valence-electron chi connectivity index (χ2n) is 5.65. The van der Waals surface area contributed by atoms with Crippen LogP contribution in [0.3, 0.4) is 0 Å². The first-order chi connectivity index (χ1) is 13.7. The maximum absolute atomic E-state index is 12.6. The fraction of sp³-hybridized carbons (Fsp3) is 0.294. The standard InChI is InChI=1S/C17H19ClN4O6S/c1-3-21(4-2)29(26,27)12-7-8-15(14(10-12)22(24)25)28-11-16(23)20-13-6-5-9-19-17(13)18/h5-10H,3-4,11H2,1-2H3,(H,20,23). The van der Waals surface area contributed by atoms with Crippen LogP contribution in [-0.2, 0) is 14.8 Å². The molecular formula is C17H19ClN4O6S. The predicted octanol–water partition coefficient (Wildman–Crippen LogP) is 2.69. The third-order valence-electron chi connectivity index (χ3n) is 3.86. The summed E-state index contributed by atoms with van der Waals surface area (Å²) >= 11 is 5.84. The first-order valence-corrected chi connectivity index (χ1v) is 10.3. The van der Waals surface area contributed by atoms with E-state index in [1.165, 1.54) is 22.6 Å². The van der Waals surface area contributed by atoms with E-state index in [-0.39, 0.29) is 34.6 Å². The summed E-state index contributed by atoms with van der Waals surface area (Å²) in [6.07, 6.45) is 1.45. The van der Waals surface area contributed by atoms with Crippen molar-refractivity contribution < 1.29 is 22.9 Å². The highest BCUT2D eigenvalue weighted by Gasteiger charge is 2.26. The fourth-order valence-corrected chi connectivity index (χ4v) is 4.09. The van der Waals surface area contributed by atoms with E-state index < -0.39 is 33.1 Å². The Morgan fingerprint density at radius 1 is 1.31 bits per heavy atom. The minimum atomic E-state index is -3.88. The molecule has 0 spiro atoms. The Kier molecular flexibility index (Phi) is 7.48. The van der Waals surface area contributed by atoms with Crippen LogP contribution in [0.1, 0.15) is 13.8 Å². The van der Waals surface area contributed by atoms with Crippen molar-refractivity contribution in [1.82, 2.24) is 9.29 Å². The van der Waals surface area contributed by atoms with Crippen molar-refractivity contribution in [3.8, 4) is 5.75 Å². The number of nitrogens with zero attached hydrogens (tertiary/aromatic N) is 3. The molecule has 0 aliphatic carbocycles. The number of anilines is 1. The van der Waals surface area contributed by atoms with Gasteiger partial charge in [-0.2, -0.15) is 4.31 Å². The number of sulfonamides is 1. The maximum Gasteiger partial charge on any atom is 0.312 e. The number of halogens is 1. The second kappa shape index (κ2) is 9.63. The van der Waals surface area contributed by atoms with Crippen molar-refractivity contribution in [3.63, 3.8) is 0 Å². The zero-order chi connectivity index (χ0) is 21.6. The molecule has 1 amide bonds. The summed E-state index contributed by atoms with van der Waals surface area (Å²) in [5.41, 5.74) is -0.302.